The molecule has 0 atom stereocenters. The van der Waals surface area contributed by atoms with E-state index >= 15 is 0 Å². The molecule has 0 spiro atoms. The first-order chi connectivity index (χ1) is 17.1. The van der Waals surface area contributed by atoms with Gasteiger partial charge in [-0.25, -0.2) is 9.82 Å². The first-order valence-corrected chi connectivity index (χ1v) is 11.2. The number of hydrogen-bond donors (Lipinski definition) is 1. The monoisotopic (exact) mass is 476 g/mol. The van der Waals surface area contributed by atoms with Crippen LogP contribution in [-0.2, 0) is 6.61 Å². The fourth-order valence-corrected chi connectivity index (χ4v) is 3.39. The summed E-state index contributed by atoms with van der Waals surface area (Å²) >= 11 is 0. The number of ether oxygens (including phenoxy) is 3. The van der Waals surface area contributed by atoms with Gasteiger partial charge in [-0.05, 0) is 79.6 Å². The van der Waals surface area contributed by atoms with Crippen LogP contribution in [0.5, 0.6) is 17.2 Å². The topological polar surface area (TPSA) is 82.3 Å². The molecule has 1 aromatic heterocycles. The lowest BCUT2D eigenvalue weighted by atomic mass is 10.2. The second kappa shape index (κ2) is 11.2. The molecule has 0 bridgehead atoms. The van der Waals surface area contributed by atoms with Crippen LogP contribution in [0, 0.1) is 5.82 Å². The standard InChI is InChI=1S/C27H25FN2O5/c1-3-32-22-9-11-23-20(14-22)15-26(35-23)27(31)30-29-16-18-8-10-24(25(13-18)33-4-2)34-17-19-6-5-7-21(28)12-19/h5-16H,3-4,17H2,1-2H3,(H,30,31)/b29-16+. The van der Waals surface area contributed by atoms with Crippen LogP contribution in [-0.4, -0.2) is 25.3 Å². The number of carbonyl (C=O) groups is 1. The lowest BCUT2D eigenvalue weighted by molar-refractivity contribution is 0.0929. The minimum Gasteiger partial charge on any atom is -0.494 e. The Balaban J connectivity index is 1.41. The number of fused-ring (bicyclic) bond motifs is 1. The van der Waals surface area contributed by atoms with Crippen molar-refractivity contribution in [1.29, 1.82) is 0 Å². The smallest absolute Gasteiger partial charge is 0.307 e. The highest BCUT2D eigenvalue weighted by Crippen LogP contribution is 2.29. The SMILES string of the molecule is CCOc1ccc2oc(C(=O)N/N=C/c3ccc(OCc4cccc(F)c4)c(OCC)c3)cc2c1. The zero-order valence-corrected chi connectivity index (χ0v) is 19.4. The molecule has 35 heavy (non-hydrogen) atoms. The average Bonchev–Trinajstić information content (AvgIpc) is 3.28. The summed E-state index contributed by atoms with van der Waals surface area (Å²) < 4.78 is 36.0. The molecule has 180 valence electrons. The molecule has 0 unspecified atom stereocenters. The Morgan fingerprint density at radius 3 is 2.63 bits per heavy atom. The van der Waals surface area contributed by atoms with E-state index in [1.54, 1.807) is 48.5 Å². The first kappa shape index (κ1) is 23.8. The van der Waals surface area contributed by atoms with Crippen LogP contribution < -0.4 is 19.6 Å². The molecule has 0 radical (unpaired) electrons. The van der Waals surface area contributed by atoms with E-state index in [1.807, 2.05) is 19.9 Å². The Morgan fingerprint density at radius 1 is 0.971 bits per heavy atom. The van der Waals surface area contributed by atoms with Crippen molar-refractivity contribution in [1.82, 2.24) is 5.43 Å². The predicted octanol–water partition coefficient (Wildman–Crippen LogP) is 5.71. The molecule has 3 aromatic carbocycles. The van der Waals surface area contributed by atoms with Crippen molar-refractivity contribution < 1.29 is 27.8 Å². The van der Waals surface area contributed by atoms with E-state index in [9.17, 15) is 9.18 Å². The first-order valence-electron chi connectivity index (χ1n) is 11.2. The number of amides is 1. The summed E-state index contributed by atoms with van der Waals surface area (Å²) in [5.74, 6) is 1.09. The van der Waals surface area contributed by atoms with E-state index in [-0.39, 0.29) is 18.2 Å². The molecule has 1 amide bonds. The Hall–Kier alpha value is -4.33. The zero-order valence-electron chi connectivity index (χ0n) is 19.4. The van der Waals surface area contributed by atoms with Crippen LogP contribution in [0.2, 0.25) is 0 Å². The molecule has 1 heterocycles. The number of halogens is 1. The van der Waals surface area contributed by atoms with Crippen molar-refractivity contribution in [2.45, 2.75) is 20.5 Å². The molecule has 0 saturated carbocycles. The van der Waals surface area contributed by atoms with Crippen molar-refractivity contribution in [2.75, 3.05) is 13.2 Å². The van der Waals surface area contributed by atoms with E-state index in [4.69, 9.17) is 18.6 Å². The fraction of sp³-hybridized carbons (Fsp3) is 0.185. The van der Waals surface area contributed by atoms with Crippen molar-refractivity contribution in [2.24, 2.45) is 5.10 Å². The van der Waals surface area contributed by atoms with Gasteiger partial charge >= 0.3 is 5.91 Å². The van der Waals surface area contributed by atoms with Gasteiger partial charge in [0.05, 0.1) is 19.4 Å². The maximum Gasteiger partial charge on any atom is 0.307 e. The van der Waals surface area contributed by atoms with Gasteiger partial charge in [0.1, 0.15) is 23.8 Å². The maximum atomic E-state index is 13.4. The number of rotatable bonds is 10. The molecule has 4 rings (SSSR count). The lowest BCUT2D eigenvalue weighted by Gasteiger charge is -2.12. The summed E-state index contributed by atoms with van der Waals surface area (Å²) in [5, 5.41) is 4.79. The third-order valence-corrected chi connectivity index (χ3v) is 4.95. The zero-order chi connectivity index (χ0) is 24.6. The van der Waals surface area contributed by atoms with Gasteiger partial charge in [0.25, 0.3) is 0 Å². The van der Waals surface area contributed by atoms with Gasteiger partial charge in [0.2, 0.25) is 0 Å². The van der Waals surface area contributed by atoms with Gasteiger partial charge in [-0.15, -0.1) is 0 Å². The highest BCUT2D eigenvalue weighted by molar-refractivity contribution is 5.96. The Kier molecular flexibility index (Phi) is 7.62. The average molecular weight is 477 g/mol. The van der Waals surface area contributed by atoms with Gasteiger partial charge in [-0.2, -0.15) is 5.10 Å². The Morgan fingerprint density at radius 2 is 1.83 bits per heavy atom. The Labute approximate surface area is 202 Å². The second-order valence-electron chi connectivity index (χ2n) is 7.50. The molecule has 8 heteroatoms. The molecule has 7 nitrogen and oxygen atoms in total. The maximum absolute atomic E-state index is 13.4. The Bertz CT molecular complexity index is 1350. The molecular weight excluding hydrogens is 451 g/mol. The molecule has 0 fully saturated rings. The van der Waals surface area contributed by atoms with E-state index in [0.717, 1.165) is 5.39 Å². The van der Waals surface area contributed by atoms with Gasteiger partial charge in [-0.3, -0.25) is 4.79 Å². The largest absolute Gasteiger partial charge is 0.494 e. The van der Waals surface area contributed by atoms with Crippen LogP contribution in [0.1, 0.15) is 35.5 Å². The highest BCUT2D eigenvalue weighted by atomic mass is 19.1. The number of nitrogens with zero attached hydrogens (tertiary/aromatic N) is 1. The number of benzene rings is 3. The van der Waals surface area contributed by atoms with E-state index in [1.165, 1.54) is 18.3 Å². The quantitative estimate of drug-likeness (QED) is 0.234. The van der Waals surface area contributed by atoms with Crippen LogP contribution in [0.15, 0.2) is 76.2 Å². The number of carbonyl (C=O) groups excluding carboxylic acids is 1. The number of furan rings is 1. The van der Waals surface area contributed by atoms with E-state index in [0.29, 0.717) is 47.2 Å². The predicted molar refractivity (Wildman–Crippen MR) is 131 cm³/mol. The molecular formula is C27H25FN2O5. The van der Waals surface area contributed by atoms with Crippen molar-refractivity contribution in [3.05, 3.63) is 89.4 Å². The van der Waals surface area contributed by atoms with Gasteiger partial charge < -0.3 is 18.6 Å². The summed E-state index contributed by atoms with van der Waals surface area (Å²) in [5.41, 5.74) is 4.45. The van der Waals surface area contributed by atoms with Crippen molar-refractivity contribution >= 4 is 23.1 Å². The van der Waals surface area contributed by atoms with Crippen LogP contribution in [0.3, 0.4) is 0 Å². The lowest BCUT2D eigenvalue weighted by Crippen LogP contribution is -2.16. The van der Waals surface area contributed by atoms with E-state index in [2.05, 4.69) is 10.5 Å². The number of hydrazone groups is 1. The summed E-state index contributed by atoms with van der Waals surface area (Å²) in [6.45, 7) is 4.95. The van der Waals surface area contributed by atoms with Crippen molar-refractivity contribution in [3.8, 4) is 17.2 Å². The molecule has 0 aliphatic carbocycles. The normalized spacial score (nSPS) is 11.1. The third-order valence-electron chi connectivity index (χ3n) is 4.95. The van der Waals surface area contributed by atoms with Crippen molar-refractivity contribution in [3.63, 3.8) is 0 Å². The van der Waals surface area contributed by atoms with Crippen LogP contribution in [0.25, 0.3) is 11.0 Å². The third kappa shape index (κ3) is 6.17. The molecule has 0 saturated heterocycles. The minimum absolute atomic E-state index is 0.141. The van der Waals surface area contributed by atoms with Crippen LogP contribution in [0.4, 0.5) is 4.39 Å². The van der Waals surface area contributed by atoms with Gasteiger partial charge in [0.15, 0.2) is 17.3 Å². The van der Waals surface area contributed by atoms with Gasteiger partial charge in [0, 0.05) is 5.39 Å². The molecule has 0 aliphatic heterocycles. The molecule has 1 N–H and O–H groups in total. The van der Waals surface area contributed by atoms with Gasteiger partial charge in [-0.1, -0.05) is 12.1 Å². The fourth-order valence-electron chi connectivity index (χ4n) is 3.39. The number of hydrogen-bond acceptors (Lipinski definition) is 6. The molecule has 4 aromatic rings. The van der Waals surface area contributed by atoms with E-state index < -0.39 is 5.91 Å². The molecule has 0 aliphatic rings. The van der Waals surface area contributed by atoms with Crippen LogP contribution >= 0.6 is 0 Å². The summed E-state index contributed by atoms with van der Waals surface area (Å²) in [7, 11) is 0. The summed E-state index contributed by atoms with van der Waals surface area (Å²) in [6, 6.07) is 18.5. The number of nitrogens with one attached hydrogen (secondary N) is 1. The highest BCUT2D eigenvalue weighted by Gasteiger charge is 2.12. The summed E-state index contributed by atoms with van der Waals surface area (Å²) in [6.07, 6.45) is 1.49. The summed E-state index contributed by atoms with van der Waals surface area (Å²) in [4.78, 5) is 12.5. The second-order valence-corrected chi connectivity index (χ2v) is 7.50. The minimum atomic E-state index is -0.476.